The molecule has 0 saturated carbocycles. The van der Waals surface area contributed by atoms with Crippen LogP contribution in [-0.4, -0.2) is 21.2 Å². The number of nitriles is 1. The molecule has 6 nitrogen and oxygen atoms in total. The summed E-state index contributed by atoms with van der Waals surface area (Å²) in [7, 11) is 3.31. The van der Waals surface area contributed by atoms with Crippen molar-refractivity contribution in [2.45, 2.75) is 6.92 Å². The molecule has 0 aliphatic rings. The third-order valence-electron chi connectivity index (χ3n) is 5.95. The molecule has 0 spiro atoms. The summed E-state index contributed by atoms with van der Waals surface area (Å²) >= 11 is 6.21. The number of hydrogen-bond acceptors (Lipinski definition) is 4. The molecule has 3 aromatic carbocycles. The van der Waals surface area contributed by atoms with Gasteiger partial charge in [-0.3, -0.25) is 14.1 Å². The average Bonchev–Trinajstić information content (AvgIpc) is 3.09. The van der Waals surface area contributed by atoms with E-state index in [1.807, 2.05) is 43.3 Å². The highest BCUT2D eigenvalue weighted by Crippen LogP contribution is 2.34. The van der Waals surface area contributed by atoms with Crippen molar-refractivity contribution in [1.29, 1.82) is 5.26 Å². The number of hydrogen-bond donors (Lipinski definition) is 0. The first-order valence-electron chi connectivity index (χ1n) is 10.3. The molecule has 0 amide bonds. The molecule has 2 aromatic heterocycles. The normalized spacial score (nSPS) is 11.1. The maximum atomic E-state index is 13.3. The van der Waals surface area contributed by atoms with E-state index in [0.29, 0.717) is 27.5 Å². The number of fused-ring (bicyclic) bond motifs is 3. The molecule has 0 saturated heterocycles. The zero-order valence-corrected chi connectivity index (χ0v) is 19.0. The summed E-state index contributed by atoms with van der Waals surface area (Å²) in [6.07, 6.45) is 1.71. The van der Waals surface area contributed by atoms with E-state index in [0.717, 1.165) is 33.1 Å². The van der Waals surface area contributed by atoms with Crippen LogP contribution in [0.25, 0.3) is 38.8 Å². The largest absolute Gasteiger partial charge is 0.495 e. The molecule has 0 N–H and O–H groups in total. The van der Waals surface area contributed by atoms with Crippen molar-refractivity contribution in [3.63, 3.8) is 0 Å². The summed E-state index contributed by atoms with van der Waals surface area (Å²) in [4.78, 5) is 17.9. The van der Waals surface area contributed by atoms with Crippen molar-refractivity contribution >= 4 is 33.5 Å². The summed E-state index contributed by atoms with van der Waals surface area (Å²) < 4.78 is 8.63. The third-order valence-corrected chi connectivity index (χ3v) is 6.26. The monoisotopic (exact) mass is 454 g/mol. The maximum absolute atomic E-state index is 13.3. The van der Waals surface area contributed by atoms with Crippen LogP contribution in [0.4, 0.5) is 0 Å². The van der Waals surface area contributed by atoms with E-state index < -0.39 is 0 Å². The molecule has 0 unspecified atom stereocenters. The molecule has 2 heterocycles. The average molecular weight is 455 g/mol. The second-order valence-corrected chi connectivity index (χ2v) is 8.27. The SMILES string of the molecule is COc1cc(-c2ccc3ncc4c(c3c2)n(-c2cc(C#N)ccc2C)c(=O)n4C)ccc1Cl. The number of methoxy groups -OCH3 is 1. The minimum atomic E-state index is -0.198. The Hall–Kier alpha value is -4.08. The van der Waals surface area contributed by atoms with Gasteiger partial charge in [0.15, 0.2) is 0 Å². The van der Waals surface area contributed by atoms with Gasteiger partial charge in [-0.05, 0) is 60.0 Å². The molecule has 0 bridgehead atoms. The molecule has 162 valence electrons. The first-order chi connectivity index (χ1) is 15.9. The van der Waals surface area contributed by atoms with Gasteiger partial charge in [0.25, 0.3) is 0 Å². The standard InChI is InChI=1S/C26H19ClN4O2/c1-15-4-5-16(13-28)10-22(15)31-25-19-11-17(18-6-8-20(27)24(12-18)33-3)7-9-21(19)29-14-23(25)30(2)26(31)32/h4-12,14H,1-3H3. The molecule has 0 aliphatic carbocycles. The Bertz CT molecular complexity index is 1670. The van der Waals surface area contributed by atoms with E-state index >= 15 is 0 Å². The van der Waals surface area contributed by atoms with Gasteiger partial charge in [-0.2, -0.15) is 5.26 Å². The van der Waals surface area contributed by atoms with Crippen LogP contribution in [-0.2, 0) is 7.05 Å². The van der Waals surface area contributed by atoms with Gasteiger partial charge >= 0.3 is 5.69 Å². The zero-order valence-electron chi connectivity index (χ0n) is 18.3. The Morgan fingerprint density at radius 1 is 1.06 bits per heavy atom. The predicted molar refractivity (Wildman–Crippen MR) is 130 cm³/mol. The van der Waals surface area contributed by atoms with Crippen LogP contribution >= 0.6 is 11.6 Å². The summed E-state index contributed by atoms with van der Waals surface area (Å²) in [6, 6.07) is 19.1. The smallest absolute Gasteiger partial charge is 0.333 e. The number of pyridine rings is 1. The maximum Gasteiger partial charge on any atom is 0.333 e. The first kappa shape index (κ1) is 20.8. The molecule has 0 atom stereocenters. The van der Waals surface area contributed by atoms with Crippen molar-refractivity contribution in [2.75, 3.05) is 7.11 Å². The zero-order chi connectivity index (χ0) is 23.3. The summed E-state index contributed by atoms with van der Waals surface area (Å²) in [5.74, 6) is 0.589. The molecule has 0 fully saturated rings. The number of benzene rings is 3. The van der Waals surface area contributed by atoms with Gasteiger partial charge in [0.1, 0.15) is 5.75 Å². The second-order valence-electron chi connectivity index (χ2n) is 7.86. The molecule has 33 heavy (non-hydrogen) atoms. The fraction of sp³-hybridized carbons (Fsp3) is 0.115. The van der Waals surface area contributed by atoms with E-state index in [1.54, 1.807) is 47.7 Å². The lowest BCUT2D eigenvalue weighted by atomic mass is 10.0. The Morgan fingerprint density at radius 3 is 2.58 bits per heavy atom. The van der Waals surface area contributed by atoms with Gasteiger partial charge in [0.2, 0.25) is 0 Å². The van der Waals surface area contributed by atoms with E-state index in [4.69, 9.17) is 16.3 Å². The highest BCUT2D eigenvalue weighted by atomic mass is 35.5. The van der Waals surface area contributed by atoms with Crippen molar-refractivity contribution < 1.29 is 4.74 Å². The third kappa shape index (κ3) is 3.25. The minimum absolute atomic E-state index is 0.198. The molecule has 5 rings (SSSR count). The lowest BCUT2D eigenvalue weighted by molar-refractivity contribution is 0.415. The quantitative estimate of drug-likeness (QED) is 0.366. The van der Waals surface area contributed by atoms with Crippen LogP contribution in [0.2, 0.25) is 5.02 Å². The van der Waals surface area contributed by atoms with Gasteiger partial charge in [-0.15, -0.1) is 0 Å². The Morgan fingerprint density at radius 2 is 1.82 bits per heavy atom. The van der Waals surface area contributed by atoms with Crippen LogP contribution in [0.5, 0.6) is 5.75 Å². The summed E-state index contributed by atoms with van der Waals surface area (Å²) in [6.45, 7) is 1.93. The highest BCUT2D eigenvalue weighted by Gasteiger charge is 2.18. The van der Waals surface area contributed by atoms with Crippen LogP contribution in [0.15, 0.2) is 65.6 Å². The Balaban J connectivity index is 1.87. The molecule has 0 radical (unpaired) electrons. The van der Waals surface area contributed by atoms with E-state index in [9.17, 15) is 10.1 Å². The number of ether oxygens (including phenoxy) is 1. The van der Waals surface area contributed by atoms with Crippen molar-refractivity contribution in [2.24, 2.45) is 7.05 Å². The molecular formula is C26H19ClN4O2. The van der Waals surface area contributed by atoms with Crippen LogP contribution in [0, 0.1) is 18.3 Å². The van der Waals surface area contributed by atoms with E-state index in [-0.39, 0.29) is 5.69 Å². The lowest BCUT2D eigenvalue weighted by Crippen LogP contribution is -2.21. The van der Waals surface area contributed by atoms with Crippen LogP contribution in [0.1, 0.15) is 11.1 Å². The van der Waals surface area contributed by atoms with E-state index in [2.05, 4.69) is 11.1 Å². The fourth-order valence-corrected chi connectivity index (χ4v) is 4.35. The van der Waals surface area contributed by atoms with Crippen molar-refractivity contribution in [3.8, 4) is 28.6 Å². The van der Waals surface area contributed by atoms with Gasteiger partial charge in [-0.1, -0.05) is 29.8 Å². The van der Waals surface area contributed by atoms with Crippen LogP contribution < -0.4 is 10.4 Å². The van der Waals surface area contributed by atoms with Crippen molar-refractivity contribution in [1.82, 2.24) is 14.1 Å². The Labute approximate surface area is 194 Å². The van der Waals surface area contributed by atoms with Crippen LogP contribution in [0.3, 0.4) is 0 Å². The second kappa shape index (κ2) is 7.80. The molecule has 5 aromatic rings. The van der Waals surface area contributed by atoms with E-state index in [1.165, 1.54) is 0 Å². The topological polar surface area (TPSA) is 72.8 Å². The van der Waals surface area contributed by atoms with Gasteiger partial charge in [0.05, 0.1) is 52.2 Å². The first-order valence-corrected chi connectivity index (χ1v) is 10.7. The number of halogens is 1. The predicted octanol–water partition coefficient (Wildman–Crippen LogP) is 5.39. The van der Waals surface area contributed by atoms with Gasteiger partial charge in [0, 0.05) is 12.4 Å². The number of rotatable bonds is 3. The minimum Gasteiger partial charge on any atom is -0.495 e. The Kier molecular flexibility index (Phi) is 4.92. The summed E-state index contributed by atoms with van der Waals surface area (Å²) in [5.41, 5.74) is 5.96. The number of aromatic nitrogens is 3. The summed E-state index contributed by atoms with van der Waals surface area (Å²) in [5, 5.41) is 10.8. The fourth-order valence-electron chi connectivity index (χ4n) is 4.16. The lowest BCUT2D eigenvalue weighted by Gasteiger charge is -2.11. The molecular weight excluding hydrogens is 436 g/mol. The number of nitrogens with zero attached hydrogens (tertiary/aromatic N) is 4. The van der Waals surface area contributed by atoms with Gasteiger partial charge < -0.3 is 4.74 Å². The highest BCUT2D eigenvalue weighted by molar-refractivity contribution is 6.32. The molecule has 7 heteroatoms. The van der Waals surface area contributed by atoms with Gasteiger partial charge in [-0.25, -0.2) is 4.79 Å². The molecule has 0 aliphatic heterocycles. The van der Waals surface area contributed by atoms with Crippen molar-refractivity contribution in [3.05, 3.63) is 87.4 Å². The number of imidazole rings is 1. The number of aryl methyl sites for hydroxylation is 2.